The topological polar surface area (TPSA) is 114 Å². The Kier molecular flexibility index (Phi) is 6.65. The number of amides is 1. The molecule has 2 heterocycles. The number of aryl methyl sites for hydroxylation is 1. The molecule has 0 saturated carbocycles. The first kappa shape index (κ1) is 20.6. The van der Waals surface area contributed by atoms with E-state index in [0.717, 1.165) is 11.3 Å². The molecule has 29 heavy (non-hydrogen) atoms. The van der Waals surface area contributed by atoms with Crippen molar-refractivity contribution in [3.8, 4) is 11.3 Å². The van der Waals surface area contributed by atoms with Crippen molar-refractivity contribution in [2.45, 2.75) is 0 Å². The highest BCUT2D eigenvalue weighted by atomic mass is 35.5. The molecule has 2 aromatic heterocycles. The van der Waals surface area contributed by atoms with Gasteiger partial charge in [-0.1, -0.05) is 23.7 Å². The van der Waals surface area contributed by atoms with E-state index in [1.165, 1.54) is 22.1 Å². The highest BCUT2D eigenvalue weighted by molar-refractivity contribution is 7.17. The Bertz CT molecular complexity index is 1090. The molecule has 3 aromatic rings. The lowest BCUT2D eigenvalue weighted by Crippen LogP contribution is -2.33. The molecular weight excluding hydrogens is 412 g/mol. The summed E-state index contributed by atoms with van der Waals surface area (Å²) in [4.78, 5) is 24.0. The van der Waals surface area contributed by atoms with Crippen LogP contribution in [-0.4, -0.2) is 22.2 Å². The number of benzene rings is 1. The second-order valence-corrected chi connectivity index (χ2v) is 7.72. The quantitative estimate of drug-likeness (QED) is 0.338. The Morgan fingerprint density at radius 3 is 2.59 bits per heavy atom. The monoisotopic (exact) mass is 430 g/mol. The molecule has 0 bridgehead atoms. The lowest BCUT2D eigenvalue weighted by atomic mass is 10.1. The van der Waals surface area contributed by atoms with Crippen LogP contribution in [0.3, 0.4) is 0 Å². The fourth-order valence-corrected chi connectivity index (χ4v) is 3.37. The Morgan fingerprint density at radius 2 is 1.97 bits per heavy atom. The molecule has 150 valence electrons. The summed E-state index contributed by atoms with van der Waals surface area (Å²) in [6.45, 7) is 0.220. The molecule has 0 saturated heterocycles. The summed E-state index contributed by atoms with van der Waals surface area (Å²) in [5.74, 6) is 5.30. The van der Waals surface area contributed by atoms with Crippen LogP contribution in [0, 0.1) is 0 Å². The van der Waals surface area contributed by atoms with Gasteiger partial charge in [0, 0.05) is 30.6 Å². The fraction of sp³-hybridized carbons (Fsp3) is 0.105. The van der Waals surface area contributed by atoms with Gasteiger partial charge in [0.15, 0.2) is 0 Å². The van der Waals surface area contributed by atoms with Gasteiger partial charge in [0.2, 0.25) is 0 Å². The van der Waals surface area contributed by atoms with Gasteiger partial charge in [0.25, 0.3) is 11.5 Å². The summed E-state index contributed by atoms with van der Waals surface area (Å²) in [6, 6.07) is 14.0. The maximum absolute atomic E-state index is 12.1. The maximum atomic E-state index is 12.1. The van der Waals surface area contributed by atoms with Crippen LogP contribution >= 0.6 is 22.9 Å². The van der Waals surface area contributed by atoms with E-state index in [1.54, 1.807) is 31.4 Å². The minimum atomic E-state index is -0.225. The fourth-order valence-electron chi connectivity index (χ4n) is 2.41. The van der Waals surface area contributed by atoms with Crippen LogP contribution in [0.15, 0.2) is 65.2 Å². The third kappa shape index (κ3) is 5.44. The summed E-state index contributed by atoms with van der Waals surface area (Å²) >= 11 is 7.05. The average Bonchev–Trinajstić information content (AvgIpc) is 3.17. The first-order valence-electron chi connectivity index (χ1n) is 8.57. The predicted octanol–water partition coefficient (Wildman–Crippen LogP) is 2.31. The molecule has 0 spiro atoms. The van der Waals surface area contributed by atoms with E-state index in [-0.39, 0.29) is 18.0 Å². The number of carbonyl (C=O) groups excluding carboxylic acids is 1. The smallest absolute Gasteiger partial charge is 0.266 e. The predicted molar refractivity (Wildman–Crippen MR) is 116 cm³/mol. The van der Waals surface area contributed by atoms with Gasteiger partial charge in [0.1, 0.15) is 0 Å². The first-order chi connectivity index (χ1) is 14.0. The molecule has 0 fully saturated rings. The van der Waals surface area contributed by atoms with E-state index in [2.05, 4.69) is 21.2 Å². The average molecular weight is 431 g/mol. The molecule has 0 radical (unpaired) electrons. The summed E-state index contributed by atoms with van der Waals surface area (Å²) in [6.07, 6.45) is 1.67. The third-order valence-corrected chi connectivity index (χ3v) is 5.21. The lowest BCUT2D eigenvalue weighted by molar-refractivity contribution is 0.0960. The lowest BCUT2D eigenvalue weighted by Gasteiger charge is -2.10. The number of thiophene rings is 1. The normalized spacial score (nSPS) is 11.2. The molecule has 0 unspecified atom stereocenters. The maximum Gasteiger partial charge on any atom is 0.266 e. The van der Waals surface area contributed by atoms with Gasteiger partial charge in [-0.2, -0.15) is 5.10 Å². The highest BCUT2D eigenvalue weighted by Gasteiger charge is 2.08. The largest absolute Gasteiger partial charge is 0.360 e. The van der Waals surface area contributed by atoms with Crippen LogP contribution in [0.4, 0.5) is 5.69 Å². The van der Waals surface area contributed by atoms with Crippen molar-refractivity contribution in [3.63, 3.8) is 0 Å². The number of nitrogens with one attached hydrogen (secondary N) is 3. The van der Waals surface area contributed by atoms with E-state index in [4.69, 9.17) is 17.4 Å². The van der Waals surface area contributed by atoms with Gasteiger partial charge in [0.05, 0.1) is 27.1 Å². The molecule has 8 nitrogen and oxygen atoms in total. The number of nitrogens with zero attached hydrogens (tertiary/aromatic N) is 2. The summed E-state index contributed by atoms with van der Waals surface area (Å²) in [5.41, 5.74) is 5.39. The van der Waals surface area contributed by atoms with Crippen LogP contribution in [0.25, 0.3) is 11.3 Å². The van der Waals surface area contributed by atoms with Gasteiger partial charge >= 0.3 is 0 Å². The number of rotatable bonds is 7. The SMILES string of the molecule is Cn1nc(-c2ccc(N/C=C(/CNC(=O)c3ccc(Cl)s3)NN)cc2)ccc1=O. The minimum Gasteiger partial charge on any atom is -0.360 e. The van der Waals surface area contributed by atoms with Gasteiger partial charge in [-0.3, -0.25) is 15.4 Å². The molecule has 1 amide bonds. The van der Waals surface area contributed by atoms with E-state index < -0.39 is 0 Å². The Balaban J connectivity index is 1.60. The number of carbonyl (C=O) groups is 1. The molecule has 0 aliphatic carbocycles. The molecule has 10 heteroatoms. The van der Waals surface area contributed by atoms with Crippen LogP contribution in [0.1, 0.15) is 9.67 Å². The molecule has 3 rings (SSSR count). The number of anilines is 1. The minimum absolute atomic E-state index is 0.159. The zero-order chi connectivity index (χ0) is 20.8. The van der Waals surface area contributed by atoms with Crippen LogP contribution in [0.2, 0.25) is 4.34 Å². The Morgan fingerprint density at radius 1 is 1.21 bits per heavy atom. The van der Waals surface area contributed by atoms with Crippen molar-refractivity contribution in [1.82, 2.24) is 20.5 Å². The van der Waals surface area contributed by atoms with Crippen LogP contribution in [0.5, 0.6) is 0 Å². The van der Waals surface area contributed by atoms with Crippen molar-refractivity contribution in [3.05, 3.63) is 80.0 Å². The van der Waals surface area contributed by atoms with E-state index >= 15 is 0 Å². The van der Waals surface area contributed by atoms with Crippen LogP contribution in [-0.2, 0) is 7.05 Å². The van der Waals surface area contributed by atoms with Crippen molar-refractivity contribution in [2.24, 2.45) is 12.9 Å². The van der Waals surface area contributed by atoms with Crippen molar-refractivity contribution < 1.29 is 4.79 Å². The standard InChI is InChI=1S/C19H19ClN6O2S/c1-26-18(27)9-6-15(25-26)12-2-4-13(5-3-12)22-10-14(24-21)11-23-19(28)16-7-8-17(20)29-16/h2-10,22,24H,11,21H2,1H3,(H,23,28)/b14-10-. The van der Waals surface area contributed by atoms with Gasteiger partial charge in [-0.25, -0.2) is 4.68 Å². The molecule has 5 N–H and O–H groups in total. The van der Waals surface area contributed by atoms with E-state index in [1.807, 2.05) is 24.3 Å². The number of hydrogen-bond donors (Lipinski definition) is 4. The summed E-state index contributed by atoms with van der Waals surface area (Å²) in [5, 5.41) is 10.1. The summed E-state index contributed by atoms with van der Waals surface area (Å²) in [7, 11) is 1.61. The van der Waals surface area contributed by atoms with Gasteiger partial charge in [-0.05, 0) is 30.3 Å². The van der Waals surface area contributed by atoms with Gasteiger partial charge < -0.3 is 16.1 Å². The number of aromatic nitrogens is 2. The van der Waals surface area contributed by atoms with E-state index in [0.29, 0.717) is 20.6 Å². The summed E-state index contributed by atoms with van der Waals surface area (Å²) < 4.78 is 1.85. The second-order valence-electron chi connectivity index (χ2n) is 6.00. The number of halogens is 1. The molecular formula is C19H19ClN6O2S. The zero-order valence-electron chi connectivity index (χ0n) is 15.5. The second kappa shape index (κ2) is 9.37. The third-order valence-electron chi connectivity index (χ3n) is 3.98. The highest BCUT2D eigenvalue weighted by Crippen LogP contribution is 2.21. The zero-order valence-corrected chi connectivity index (χ0v) is 17.1. The molecule has 0 atom stereocenters. The first-order valence-corrected chi connectivity index (χ1v) is 9.76. The van der Waals surface area contributed by atoms with Crippen molar-refractivity contribution in [2.75, 3.05) is 11.9 Å². The number of hydrogen-bond acceptors (Lipinski definition) is 7. The van der Waals surface area contributed by atoms with Crippen LogP contribution < -0.4 is 27.5 Å². The molecule has 0 aliphatic rings. The van der Waals surface area contributed by atoms with Crippen molar-refractivity contribution in [1.29, 1.82) is 0 Å². The van der Waals surface area contributed by atoms with Crippen molar-refractivity contribution >= 4 is 34.5 Å². The Labute approximate surface area is 176 Å². The number of hydrazine groups is 1. The van der Waals surface area contributed by atoms with Gasteiger partial charge in [-0.15, -0.1) is 11.3 Å². The van der Waals surface area contributed by atoms with E-state index in [9.17, 15) is 9.59 Å². The Hall–Kier alpha value is -3.14. The molecule has 0 aliphatic heterocycles. The number of nitrogens with two attached hydrogens (primary N) is 1. The molecule has 1 aromatic carbocycles.